The largest absolute Gasteiger partial charge is 0.381 e. The average Bonchev–Trinajstić information content (AvgIpc) is 2.34. The maximum Gasteiger partial charge on any atom is 0.163 e. The first-order valence-electron chi connectivity index (χ1n) is 5.57. The maximum absolute atomic E-state index is 13.5. The summed E-state index contributed by atoms with van der Waals surface area (Å²) in [5.74, 6) is -3.05. The van der Waals surface area contributed by atoms with Crippen LogP contribution in [0.3, 0.4) is 0 Å². The fraction of sp³-hybridized carbons (Fsp3) is 0.500. The van der Waals surface area contributed by atoms with E-state index in [-0.39, 0.29) is 23.9 Å². The van der Waals surface area contributed by atoms with Crippen LogP contribution >= 0.6 is 12.4 Å². The first kappa shape index (κ1) is 15.3. The van der Waals surface area contributed by atoms with Crippen molar-refractivity contribution in [3.63, 3.8) is 0 Å². The second kappa shape index (κ2) is 6.41. The molecular weight excluding hydrogens is 267 g/mol. The van der Waals surface area contributed by atoms with Crippen LogP contribution in [0.2, 0.25) is 0 Å². The molecule has 0 aliphatic carbocycles. The van der Waals surface area contributed by atoms with Crippen molar-refractivity contribution in [2.45, 2.75) is 18.9 Å². The molecule has 0 bridgehead atoms. The van der Waals surface area contributed by atoms with Gasteiger partial charge in [0.05, 0.1) is 0 Å². The van der Waals surface area contributed by atoms with Crippen LogP contribution in [0.15, 0.2) is 12.1 Å². The third-order valence-corrected chi connectivity index (χ3v) is 3.15. The highest BCUT2D eigenvalue weighted by atomic mass is 35.5. The monoisotopic (exact) mass is 281 g/mol. The Morgan fingerprint density at radius 3 is 2.39 bits per heavy atom. The molecule has 1 atom stereocenters. The number of ether oxygens (including phenoxy) is 1. The van der Waals surface area contributed by atoms with Crippen molar-refractivity contribution in [1.82, 2.24) is 0 Å². The number of hydrogen-bond donors (Lipinski definition) is 1. The van der Waals surface area contributed by atoms with Crippen molar-refractivity contribution in [3.05, 3.63) is 35.1 Å². The highest BCUT2D eigenvalue weighted by molar-refractivity contribution is 5.85. The maximum atomic E-state index is 13.5. The quantitative estimate of drug-likeness (QED) is 0.846. The fourth-order valence-corrected chi connectivity index (χ4v) is 2.15. The van der Waals surface area contributed by atoms with Crippen molar-refractivity contribution in [2.75, 3.05) is 13.2 Å². The Bertz CT molecular complexity index is 411. The summed E-state index contributed by atoms with van der Waals surface area (Å²) in [5.41, 5.74) is 5.79. The summed E-state index contributed by atoms with van der Waals surface area (Å²) >= 11 is 0. The van der Waals surface area contributed by atoms with Gasteiger partial charge in [-0.05, 0) is 24.8 Å². The Labute approximate surface area is 110 Å². The number of rotatable bonds is 2. The Morgan fingerprint density at radius 1 is 1.17 bits per heavy atom. The molecule has 18 heavy (non-hydrogen) atoms. The lowest BCUT2D eigenvalue weighted by molar-refractivity contribution is 0.0579. The molecular formula is C12H15ClF3NO. The summed E-state index contributed by atoms with van der Waals surface area (Å²) in [4.78, 5) is 0. The highest BCUT2D eigenvalue weighted by Crippen LogP contribution is 2.30. The van der Waals surface area contributed by atoms with Crippen LogP contribution in [0.25, 0.3) is 0 Å². The third-order valence-electron chi connectivity index (χ3n) is 3.15. The van der Waals surface area contributed by atoms with Gasteiger partial charge in [0.2, 0.25) is 0 Å². The van der Waals surface area contributed by atoms with Gasteiger partial charge in [-0.2, -0.15) is 0 Å². The summed E-state index contributed by atoms with van der Waals surface area (Å²) in [6.07, 6.45) is 1.36. The molecule has 1 saturated heterocycles. The van der Waals surface area contributed by atoms with Crippen molar-refractivity contribution in [3.8, 4) is 0 Å². The Kier molecular flexibility index (Phi) is 5.44. The van der Waals surface area contributed by atoms with Crippen LogP contribution < -0.4 is 5.73 Å². The Balaban J connectivity index is 0.00000162. The predicted molar refractivity (Wildman–Crippen MR) is 64.0 cm³/mol. The van der Waals surface area contributed by atoms with Gasteiger partial charge in [-0.15, -0.1) is 12.4 Å². The summed E-state index contributed by atoms with van der Waals surface area (Å²) < 4.78 is 44.8. The second-order valence-corrected chi connectivity index (χ2v) is 4.27. The fourth-order valence-electron chi connectivity index (χ4n) is 2.15. The van der Waals surface area contributed by atoms with Crippen molar-refractivity contribution >= 4 is 12.4 Å². The van der Waals surface area contributed by atoms with Gasteiger partial charge in [0, 0.05) is 30.9 Å². The molecule has 1 heterocycles. The lowest BCUT2D eigenvalue weighted by Crippen LogP contribution is -2.28. The molecule has 0 spiro atoms. The van der Waals surface area contributed by atoms with E-state index in [1.54, 1.807) is 0 Å². The minimum Gasteiger partial charge on any atom is -0.381 e. The summed E-state index contributed by atoms with van der Waals surface area (Å²) in [5, 5.41) is 0. The SMILES string of the molecule is Cl.N[C@@H](c1cc(F)cc(F)c1F)C1CCOCC1. The minimum atomic E-state index is -1.19. The molecule has 0 saturated carbocycles. The van der Waals surface area contributed by atoms with E-state index in [0.717, 1.165) is 6.07 Å². The molecule has 1 aromatic carbocycles. The molecule has 0 amide bonds. The standard InChI is InChI=1S/C12H14F3NO.ClH/c13-8-5-9(11(15)10(14)6-8)12(16)7-1-3-17-4-2-7;/h5-7,12H,1-4,16H2;1H/t12-;/m1./s1. The molecule has 2 rings (SSSR count). The van der Waals surface area contributed by atoms with E-state index in [4.69, 9.17) is 10.5 Å². The predicted octanol–water partition coefficient (Wildman–Crippen LogP) is 2.95. The molecule has 0 aromatic heterocycles. The normalized spacial score (nSPS) is 18.2. The zero-order valence-electron chi connectivity index (χ0n) is 9.67. The number of benzene rings is 1. The first-order chi connectivity index (χ1) is 8.09. The Morgan fingerprint density at radius 2 is 1.78 bits per heavy atom. The lowest BCUT2D eigenvalue weighted by atomic mass is 9.87. The third kappa shape index (κ3) is 3.16. The summed E-state index contributed by atoms with van der Waals surface area (Å²) in [6.45, 7) is 1.11. The lowest BCUT2D eigenvalue weighted by Gasteiger charge is -2.28. The molecule has 2 N–H and O–H groups in total. The van der Waals surface area contributed by atoms with E-state index in [2.05, 4.69) is 0 Å². The molecule has 1 fully saturated rings. The van der Waals surface area contributed by atoms with Crippen LogP contribution in [0.1, 0.15) is 24.4 Å². The van der Waals surface area contributed by atoms with Crippen LogP contribution in [0.4, 0.5) is 13.2 Å². The molecule has 1 aromatic rings. The van der Waals surface area contributed by atoms with Gasteiger partial charge in [-0.25, -0.2) is 13.2 Å². The van der Waals surface area contributed by atoms with Crippen LogP contribution in [0, 0.1) is 23.4 Å². The number of hydrogen-bond acceptors (Lipinski definition) is 2. The number of halogens is 4. The molecule has 6 heteroatoms. The molecule has 0 radical (unpaired) electrons. The zero-order chi connectivity index (χ0) is 12.4. The van der Waals surface area contributed by atoms with Gasteiger partial charge in [-0.3, -0.25) is 0 Å². The minimum absolute atomic E-state index is 0. The Hall–Kier alpha value is -0.780. The molecule has 1 aliphatic rings. The second-order valence-electron chi connectivity index (χ2n) is 4.27. The molecule has 2 nitrogen and oxygen atoms in total. The van der Waals surface area contributed by atoms with E-state index in [1.165, 1.54) is 0 Å². The highest BCUT2D eigenvalue weighted by Gasteiger charge is 2.26. The smallest absolute Gasteiger partial charge is 0.163 e. The van der Waals surface area contributed by atoms with E-state index in [0.29, 0.717) is 32.1 Å². The van der Waals surface area contributed by atoms with Gasteiger partial charge in [0.1, 0.15) is 5.82 Å². The van der Waals surface area contributed by atoms with E-state index >= 15 is 0 Å². The van der Waals surface area contributed by atoms with Crippen LogP contribution in [-0.4, -0.2) is 13.2 Å². The van der Waals surface area contributed by atoms with Crippen LogP contribution in [0.5, 0.6) is 0 Å². The summed E-state index contributed by atoms with van der Waals surface area (Å²) in [7, 11) is 0. The number of nitrogens with two attached hydrogens (primary N) is 1. The van der Waals surface area contributed by atoms with Gasteiger partial charge >= 0.3 is 0 Å². The van der Waals surface area contributed by atoms with E-state index < -0.39 is 23.5 Å². The van der Waals surface area contributed by atoms with Crippen molar-refractivity contribution in [2.24, 2.45) is 11.7 Å². The van der Waals surface area contributed by atoms with E-state index in [1.807, 2.05) is 0 Å². The topological polar surface area (TPSA) is 35.2 Å². The zero-order valence-corrected chi connectivity index (χ0v) is 10.5. The molecule has 102 valence electrons. The van der Waals surface area contributed by atoms with Gasteiger partial charge < -0.3 is 10.5 Å². The molecule has 0 unspecified atom stereocenters. The van der Waals surface area contributed by atoms with Crippen molar-refractivity contribution in [1.29, 1.82) is 0 Å². The average molecular weight is 282 g/mol. The van der Waals surface area contributed by atoms with Gasteiger partial charge in [-0.1, -0.05) is 0 Å². The molecule has 1 aliphatic heterocycles. The van der Waals surface area contributed by atoms with Crippen molar-refractivity contribution < 1.29 is 17.9 Å². The summed E-state index contributed by atoms with van der Waals surface area (Å²) in [6, 6.07) is 0.803. The van der Waals surface area contributed by atoms with Gasteiger partial charge in [0.15, 0.2) is 11.6 Å². The first-order valence-corrected chi connectivity index (χ1v) is 5.57. The van der Waals surface area contributed by atoms with Crippen LogP contribution in [-0.2, 0) is 4.74 Å². The van der Waals surface area contributed by atoms with E-state index in [9.17, 15) is 13.2 Å². The van der Waals surface area contributed by atoms with Gasteiger partial charge in [0.25, 0.3) is 0 Å².